The number of hydrogen-bond donors (Lipinski definition) is 3. The lowest BCUT2D eigenvalue weighted by Crippen LogP contribution is -2.18. The van der Waals surface area contributed by atoms with Gasteiger partial charge in [-0.1, -0.05) is 24.3 Å². The number of carbonyl (C=O) groups excluding carboxylic acids is 2. The predicted molar refractivity (Wildman–Crippen MR) is 114 cm³/mol. The van der Waals surface area contributed by atoms with E-state index in [1.54, 1.807) is 43.3 Å². The molecule has 2 aromatic carbocycles. The minimum atomic E-state index is -3.78. The smallest absolute Gasteiger partial charge is 0.261 e. The Morgan fingerprint density at radius 3 is 2.34 bits per heavy atom. The summed E-state index contributed by atoms with van der Waals surface area (Å²) in [7, 11) is -3.78. The highest BCUT2D eigenvalue weighted by Crippen LogP contribution is 2.32. The number of thiophene rings is 1. The molecule has 1 aromatic heterocycles. The molecule has 0 atom stereocenters. The first-order valence-electron chi connectivity index (χ1n) is 8.58. The lowest BCUT2D eigenvalue weighted by Gasteiger charge is -2.10. The lowest BCUT2D eigenvalue weighted by molar-refractivity contribution is 0.100. The molecule has 9 heteroatoms. The first-order chi connectivity index (χ1) is 13.7. The van der Waals surface area contributed by atoms with Crippen molar-refractivity contribution < 1.29 is 18.0 Å². The summed E-state index contributed by atoms with van der Waals surface area (Å²) in [6.45, 7) is 3.60. The summed E-state index contributed by atoms with van der Waals surface area (Å²) >= 11 is 1.26. The van der Waals surface area contributed by atoms with Crippen LogP contribution in [0.2, 0.25) is 0 Å². The van der Waals surface area contributed by atoms with Crippen molar-refractivity contribution in [3.8, 4) is 0 Å². The Balaban J connectivity index is 1.84. The van der Waals surface area contributed by atoms with Crippen molar-refractivity contribution in [2.24, 2.45) is 5.73 Å². The fourth-order valence-electron chi connectivity index (χ4n) is 2.72. The SMILES string of the molecule is Cc1sc(NC(=O)c2cccc(NS(=O)(=O)c3ccccc3)c2)c(C(N)=O)c1C. The number of benzene rings is 2. The van der Waals surface area contributed by atoms with Crippen LogP contribution in [0.3, 0.4) is 0 Å². The summed E-state index contributed by atoms with van der Waals surface area (Å²) in [6.07, 6.45) is 0. The Morgan fingerprint density at radius 1 is 1.00 bits per heavy atom. The van der Waals surface area contributed by atoms with Crippen LogP contribution in [-0.4, -0.2) is 20.2 Å². The predicted octanol–water partition coefficient (Wildman–Crippen LogP) is 3.52. The van der Waals surface area contributed by atoms with Gasteiger partial charge in [0.05, 0.1) is 10.5 Å². The fraction of sp³-hybridized carbons (Fsp3) is 0.100. The molecule has 0 aliphatic rings. The molecule has 0 unspecified atom stereocenters. The Morgan fingerprint density at radius 2 is 1.69 bits per heavy atom. The maximum absolute atomic E-state index is 12.7. The zero-order valence-electron chi connectivity index (χ0n) is 15.7. The number of nitrogens with one attached hydrogen (secondary N) is 2. The van der Waals surface area contributed by atoms with Crippen molar-refractivity contribution in [2.45, 2.75) is 18.7 Å². The number of amides is 2. The molecule has 0 fully saturated rings. The zero-order valence-corrected chi connectivity index (χ0v) is 17.4. The van der Waals surface area contributed by atoms with Crippen molar-refractivity contribution >= 4 is 43.9 Å². The number of carbonyl (C=O) groups is 2. The van der Waals surface area contributed by atoms with Crippen LogP contribution in [0, 0.1) is 13.8 Å². The summed E-state index contributed by atoms with van der Waals surface area (Å²) < 4.78 is 27.4. The van der Waals surface area contributed by atoms with Crippen molar-refractivity contribution in [3.05, 3.63) is 76.2 Å². The highest BCUT2D eigenvalue weighted by molar-refractivity contribution is 7.92. The Bertz CT molecular complexity index is 1190. The van der Waals surface area contributed by atoms with Gasteiger partial charge >= 0.3 is 0 Å². The van der Waals surface area contributed by atoms with Gasteiger partial charge in [-0.15, -0.1) is 11.3 Å². The van der Waals surface area contributed by atoms with Gasteiger partial charge < -0.3 is 11.1 Å². The average Bonchev–Trinajstić information content (AvgIpc) is 2.96. The van der Waals surface area contributed by atoms with Gasteiger partial charge in [-0.25, -0.2) is 8.42 Å². The molecule has 29 heavy (non-hydrogen) atoms. The molecule has 0 saturated heterocycles. The van der Waals surface area contributed by atoms with E-state index in [-0.39, 0.29) is 21.7 Å². The molecule has 0 aliphatic heterocycles. The molecule has 150 valence electrons. The second kappa shape index (κ2) is 8.06. The summed E-state index contributed by atoms with van der Waals surface area (Å²) in [6, 6.07) is 14.0. The van der Waals surface area contributed by atoms with Crippen molar-refractivity contribution in [1.82, 2.24) is 0 Å². The van der Waals surface area contributed by atoms with Gasteiger partial charge in [-0.3, -0.25) is 14.3 Å². The van der Waals surface area contributed by atoms with E-state index in [1.807, 2.05) is 6.92 Å². The molecule has 1 heterocycles. The molecular weight excluding hydrogens is 410 g/mol. The van der Waals surface area contributed by atoms with Crippen LogP contribution < -0.4 is 15.8 Å². The third-order valence-corrected chi connectivity index (χ3v) is 6.81. The average molecular weight is 430 g/mol. The van der Waals surface area contributed by atoms with Crippen LogP contribution in [0.25, 0.3) is 0 Å². The summed E-state index contributed by atoms with van der Waals surface area (Å²) in [5.74, 6) is -1.10. The quantitative estimate of drug-likeness (QED) is 0.555. The largest absolute Gasteiger partial charge is 0.365 e. The van der Waals surface area contributed by atoms with Crippen LogP contribution in [-0.2, 0) is 10.0 Å². The van der Waals surface area contributed by atoms with E-state index in [0.717, 1.165) is 10.4 Å². The number of rotatable bonds is 6. The molecular formula is C20H19N3O4S2. The van der Waals surface area contributed by atoms with Crippen molar-refractivity contribution in [1.29, 1.82) is 0 Å². The van der Waals surface area contributed by atoms with E-state index in [2.05, 4.69) is 10.0 Å². The second-order valence-electron chi connectivity index (χ2n) is 6.31. The number of nitrogens with two attached hydrogens (primary N) is 1. The van der Waals surface area contributed by atoms with Crippen LogP contribution in [0.1, 0.15) is 31.2 Å². The molecule has 0 saturated carbocycles. The highest BCUT2D eigenvalue weighted by Gasteiger charge is 2.20. The number of anilines is 2. The molecule has 0 spiro atoms. The van der Waals surface area contributed by atoms with Crippen molar-refractivity contribution in [3.63, 3.8) is 0 Å². The maximum atomic E-state index is 12.7. The first kappa shape index (κ1) is 20.6. The van der Waals surface area contributed by atoms with E-state index in [4.69, 9.17) is 5.73 Å². The lowest BCUT2D eigenvalue weighted by atomic mass is 10.1. The topological polar surface area (TPSA) is 118 Å². The number of sulfonamides is 1. The maximum Gasteiger partial charge on any atom is 0.261 e. The summed E-state index contributed by atoms with van der Waals surface area (Å²) in [4.78, 5) is 25.4. The van der Waals surface area contributed by atoms with Gasteiger partial charge in [0.25, 0.3) is 21.8 Å². The van der Waals surface area contributed by atoms with Crippen LogP contribution in [0.4, 0.5) is 10.7 Å². The number of primary amides is 1. The van der Waals surface area contributed by atoms with E-state index in [9.17, 15) is 18.0 Å². The van der Waals surface area contributed by atoms with Gasteiger partial charge in [0, 0.05) is 16.1 Å². The fourth-order valence-corrected chi connectivity index (χ4v) is 4.86. The molecule has 0 radical (unpaired) electrons. The van der Waals surface area contributed by atoms with Gasteiger partial charge in [0.2, 0.25) is 0 Å². The molecule has 4 N–H and O–H groups in total. The molecule has 0 aliphatic carbocycles. The molecule has 3 aromatic rings. The minimum absolute atomic E-state index is 0.116. The van der Waals surface area contributed by atoms with E-state index < -0.39 is 21.8 Å². The van der Waals surface area contributed by atoms with Gasteiger partial charge in [-0.2, -0.15) is 0 Å². The standard InChI is InChI=1S/C20H19N3O4S2/c1-12-13(2)28-20(17(12)18(21)24)22-19(25)14-7-6-8-15(11-14)23-29(26,27)16-9-4-3-5-10-16/h3-11,23H,1-2H3,(H2,21,24)(H,22,25). The van der Waals surface area contributed by atoms with E-state index in [1.165, 1.54) is 29.5 Å². The monoisotopic (exact) mass is 429 g/mol. The normalized spacial score (nSPS) is 11.1. The Labute approximate surface area is 172 Å². The third-order valence-electron chi connectivity index (χ3n) is 4.29. The van der Waals surface area contributed by atoms with E-state index in [0.29, 0.717) is 5.00 Å². The number of hydrogen-bond acceptors (Lipinski definition) is 5. The highest BCUT2D eigenvalue weighted by atomic mass is 32.2. The molecule has 2 amide bonds. The summed E-state index contributed by atoms with van der Waals surface area (Å²) in [5.41, 5.74) is 6.91. The van der Waals surface area contributed by atoms with E-state index >= 15 is 0 Å². The van der Waals surface area contributed by atoms with Crippen LogP contribution in [0.15, 0.2) is 59.5 Å². The van der Waals surface area contributed by atoms with Gasteiger partial charge in [-0.05, 0) is 49.7 Å². The van der Waals surface area contributed by atoms with Gasteiger partial charge in [0.15, 0.2) is 0 Å². The van der Waals surface area contributed by atoms with Crippen molar-refractivity contribution in [2.75, 3.05) is 10.0 Å². The van der Waals surface area contributed by atoms with Crippen LogP contribution in [0.5, 0.6) is 0 Å². The number of aryl methyl sites for hydroxylation is 1. The minimum Gasteiger partial charge on any atom is -0.365 e. The Hall–Kier alpha value is -3.17. The molecule has 3 rings (SSSR count). The van der Waals surface area contributed by atoms with Crippen LogP contribution >= 0.6 is 11.3 Å². The zero-order chi connectivity index (χ0) is 21.2. The third kappa shape index (κ3) is 4.47. The molecule has 0 bridgehead atoms. The Kier molecular flexibility index (Phi) is 5.71. The first-order valence-corrected chi connectivity index (χ1v) is 10.9. The second-order valence-corrected chi connectivity index (χ2v) is 9.21. The van der Waals surface area contributed by atoms with Gasteiger partial charge in [0.1, 0.15) is 5.00 Å². The summed E-state index contributed by atoms with van der Waals surface area (Å²) in [5, 5.41) is 3.06. The molecule has 7 nitrogen and oxygen atoms in total.